The average molecular weight is 318 g/mol. The lowest BCUT2D eigenvalue weighted by molar-refractivity contribution is 0.0955. The van der Waals surface area contributed by atoms with Gasteiger partial charge in [-0.3, -0.25) is 4.79 Å². The Morgan fingerprint density at radius 2 is 1.92 bits per heavy atom. The van der Waals surface area contributed by atoms with Crippen molar-refractivity contribution in [3.8, 4) is 5.75 Å². The Kier molecular flexibility index (Phi) is 4.57. The molecule has 0 atom stereocenters. The maximum atomic E-state index is 12.1. The number of hydrazone groups is 1. The summed E-state index contributed by atoms with van der Waals surface area (Å²) < 4.78 is 5.41. The Morgan fingerprint density at radius 1 is 1.08 bits per heavy atom. The maximum absolute atomic E-state index is 12.1. The number of benzene rings is 3. The van der Waals surface area contributed by atoms with E-state index in [1.165, 1.54) is 0 Å². The summed E-state index contributed by atoms with van der Waals surface area (Å²) >= 11 is 0. The van der Waals surface area contributed by atoms with Gasteiger partial charge in [0.25, 0.3) is 5.91 Å². The molecule has 1 N–H and O–H groups in total. The zero-order chi connectivity index (χ0) is 16.9. The Hall–Kier alpha value is -3.14. The van der Waals surface area contributed by atoms with Crippen LogP contribution in [0.2, 0.25) is 0 Å². The quantitative estimate of drug-likeness (QED) is 0.585. The van der Waals surface area contributed by atoms with E-state index in [0.29, 0.717) is 11.3 Å². The van der Waals surface area contributed by atoms with Crippen LogP contribution in [0.5, 0.6) is 5.75 Å². The Labute approximate surface area is 140 Å². The summed E-state index contributed by atoms with van der Waals surface area (Å²) in [5, 5.41) is 6.21. The van der Waals surface area contributed by atoms with Crippen LogP contribution in [0.3, 0.4) is 0 Å². The number of hydrogen-bond donors (Lipinski definition) is 1. The molecule has 0 spiro atoms. The maximum Gasteiger partial charge on any atom is 0.271 e. The molecule has 3 aromatic carbocycles. The summed E-state index contributed by atoms with van der Waals surface area (Å²) in [6.45, 7) is 1.95. The summed E-state index contributed by atoms with van der Waals surface area (Å²) in [5.41, 5.74) is 5.01. The van der Waals surface area contributed by atoms with E-state index in [1.807, 2.05) is 61.5 Å². The number of rotatable bonds is 4. The number of hydrogen-bond acceptors (Lipinski definition) is 3. The van der Waals surface area contributed by atoms with Crippen molar-refractivity contribution in [1.82, 2.24) is 5.43 Å². The van der Waals surface area contributed by atoms with Gasteiger partial charge in [-0.15, -0.1) is 0 Å². The van der Waals surface area contributed by atoms with Gasteiger partial charge in [0.05, 0.1) is 13.3 Å². The van der Waals surface area contributed by atoms with Gasteiger partial charge >= 0.3 is 0 Å². The minimum atomic E-state index is -0.242. The molecule has 0 aliphatic heterocycles. The predicted octanol–water partition coefficient (Wildman–Crippen LogP) is 3.92. The van der Waals surface area contributed by atoms with E-state index in [9.17, 15) is 4.79 Å². The molecule has 0 aliphatic rings. The van der Waals surface area contributed by atoms with Gasteiger partial charge in [-0.05, 0) is 35.9 Å². The molecule has 3 aromatic rings. The molecule has 0 fully saturated rings. The van der Waals surface area contributed by atoms with Gasteiger partial charge in [-0.1, -0.05) is 48.0 Å². The standard InChI is InChI=1S/C20H18N2O2/c1-14-6-5-8-16(12-14)20(23)22-21-13-18-17-9-4-3-7-15(17)10-11-19(18)24-2/h3-13H,1-2H3,(H,22,23)/b21-13+. The fourth-order valence-electron chi connectivity index (χ4n) is 2.59. The van der Waals surface area contributed by atoms with Crippen molar-refractivity contribution in [2.45, 2.75) is 6.92 Å². The first-order valence-electron chi connectivity index (χ1n) is 7.65. The normalized spacial score (nSPS) is 10.9. The lowest BCUT2D eigenvalue weighted by atomic mass is 10.0. The highest BCUT2D eigenvalue weighted by Gasteiger charge is 2.07. The molecule has 0 bridgehead atoms. The Balaban J connectivity index is 1.86. The van der Waals surface area contributed by atoms with Crippen LogP contribution in [-0.2, 0) is 0 Å². The highest BCUT2D eigenvalue weighted by atomic mass is 16.5. The third kappa shape index (κ3) is 3.27. The van der Waals surface area contributed by atoms with Crippen molar-refractivity contribution < 1.29 is 9.53 Å². The lowest BCUT2D eigenvalue weighted by Crippen LogP contribution is -2.17. The molecule has 4 heteroatoms. The molecule has 0 saturated carbocycles. The number of carbonyl (C=O) groups excluding carboxylic acids is 1. The van der Waals surface area contributed by atoms with E-state index in [1.54, 1.807) is 19.4 Å². The van der Waals surface area contributed by atoms with E-state index in [4.69, 9.17) is 4.74 Å². The van der Waals surface area contributed by atoms with Gasteiger partial charge in [-0.2, -0.15) is 5.10 Å². The Bertz CT molecular complexity index is 916. The second-order valence-corrected chi connectivity index (χ2v) is 5.47. The van der Waals surface area contributed by atoms with Crippen LogP contribution < -0.4 is 10.2 Å². The molecule has 24 heavy (non-hydrogen) atoms. The van der Waals surface area contributed by atoms with Crippen molar-refractivity contribution in [1.29, 1.82) is 0 Å². The van der Waals surface area contributed by atoms with Crippen molar-refractivity contribution in [2.24, 2.45) is 5.10 Å². The molecular weight excluding hydrogens is 300 g/mol. The van der Waals surface area contributed by atoms with Gasteiger partial charge in [-0.25, -0.2) is 5.43 Å². The molecule has 0 aliphatic carbocycles. The first-order chi connectivity index (χ1) is 11.7. The highest BCUT2D eigenvalue weighted by molar-refractivity contribution is 6.03. The molecule has 4 nitrogen and oxygen atoms in total. The fraction of sp³-hybridized carbons (Fsp3) is 0.100. The second-order valence-electron chi connectivity index (χ2n) is 5.47. The van der Waals surface area contributed by atoms with Crippen LogP contribution in [0.25, 0.3) is 10.8 Å². The van der Waals surface area contributed by atoms with Crippen molar-refractivity contribution in [2.75, 3.05) is 7.11 Å². The number of carbonyl (C=O) groups is 1. The number of ether oxygens (including phenoxy) is 1. The predicted molar refractivity (Wildman–Crippen MR) is 96.7 cm³/mol. The van der Waals surface area contributed by atoms with Crippen LogP contribution in [0.1, 0.15) is 21.5 Å². The van der Waals surface area contributed by atoms with Crippen LogP contribution in [-0.4, -0.2) is 19.2 Å². The molecule has 120 valence electrons. The SMILES string of the molecule is COc1ccc2ccccc2c1/C=N/NC(=O)c1cccc(C)c1. The van der Waals surface area contributed by atoms with E-state index in [0.717, 1.165) is 21.9 Å². The van der Waals surface area contributed by atoms with Gasteiger partial charge in [0, 0.05) is 11.1 Å². The highest BCUT2D eigenvalue weighted by Crippen LogP contribution is 2.26. The van der Waals surface area contributed by atoms with Gasteiger partial charge in [0.2, 0.25) is 0 Å². The topological polar surface area (TPSA) is 50.7 Å². The van der Waals surface area contributed by atoms with Crippen molar-refractivity contribution in [3.63, 3.8) is 0 Å². The molecule has 0 unspecified atom stereocenters. The lowest BCUT2D eigenvalue weighted by Gasteiger charge is -2.08. The number of aryl methyl sites for hydroxylation is 1. The van der Waals surface area contributed by atoms with Gasteiger partial charge in [0.1, 0.15) is 5.75 Å². The second kappa shape index (κ2) is 6.96. The summed E-state index contributed by atoms with van der Waals surface area (Å²) in [4.78, 5) is 12.1. The smallest absolute Gasteiger partial charge is 0.271 e. The number of nitrogens with zero attached hydrogens (tertiary/aromatic N) is 1. The van der Waals surface area contributed by atoms with E-state index in [-0.39, 0.29) is 5.91 Å². The monoisotopic (exact) mass is 318 g/mol. The molecule has 0 heterocycles. The van der Waals surface area contributed by atoms with Crippen LogP contribution in [0, 0.1) is 6.92 Å². The first-order valence-corrected chi connectivity index (χ1v) is 7.65. The van der Waals surface area contributed by atoms with E-state index < -0.39 is 0 Å². The molecule has 0 aromatic heterocycles. The van der Waals surface area contributed by atoms with E-state index >= 15 is 0 Å². The van der Waals surface area contributed by atoms with Gasteiger partial charge in [0.15, 0.2) is 0 Å². The number of nitrogens with one attached hydrogen (secondary N) is 1. The number of amides is 1. The first kappa shape index (κ1) is 15.7. The third-order valence-corrected chi connectivity index (χ3v) is 3.79. The fourth-order valence-corrected chi connectivity index (χ4v) is 2.59. The summed E-state index contributed by atoms with van der Waals surface area (Å²) in [5.74, 6) is 0.469. The van der Waals surface area contributed by atoms with Crippen LogP contribution in [0.4, 0.5) is 0 Å². The largest absolute Gasteiger partial charge is 0.496 e. The Morgan fingerprint density at radius 3 is 2.71 bits per heavy atom. The van der Waals surface area contributed by atoms with Crippen LogP contribution in [0.15, 0.2) is 65.8 Å². The molecule has 0 saturated heterocycles. The summed E-state index contributed by atoms with van der Waals surface area (Å²) in [6.07, 6.45) is 1.62. The number of fused-ring (bicyclic) bond motifs is 1. The number of methoxy groups -OCH3 is 1. The molecule has 1 amide bonds. The van der Waals surface area contributed by atoms with Crippen LogP contribution >= 0.6 is 0 Å². The van der Waals surface area contributed by atoms with Crippen molar-refractivity contribution >= 4 is 22.9 Å². The van der Waals surface area contributed by atoms with Crippen molar-refractivity contribution in [3.05, 3.63) is 77.4 Å². The zero-order valence-corrected chi connectivity index (χ0v) is 13.6. The minimum absolute atomic E-state index is 0.242. The summed E-state index contributed by atoms with van der Waals surface area (Å²) in [6, 6.07) is 19.2. The molecular formula is C20H18N2O2. The third-order valence-electron chi connectivity index (χ3n) is 3.79. The summed E-state index contributed by atoms with van der Waals surface area (Å²) in [7, 11) is 1.62. The van der Waals surface area contributed by atoms with E-state index in [2.05, 4.69) is 10.5 Å². The molecule has 3 rings (SSSR count). The minimum Gasteiger partial charge on any atom is -0.496 e. The molecule has 0 radical (unpaired) electrons. The van der Waals surface area contributed by atoms with Gasteiger partial charge < -0.3 is 4.74 Å². The zero-order valence-electron chi connectivity index (χ0n) is 13.6. The average Bonchev–Trinajstić information content (AvgIpc) is 2.61.